The first-order chi connectivity index (χ1) is 10.1. The topological polar surface area (TPSA) is 42.1 Å². The molecular formula is C16H16FN3S. The molecule has 3 rings (SSSR count). The molecule has 1 atom stereocenters. The number of hydrogen-bond acceptors (Lipinski definition) is 4. The van der Waals surface area contributed by atoms with Crippen molar-refractivity contribution in [1.29, 1.82) is 0 Å². The Morgan fingerprint density at radius 1 is 1.24 bits per heavy atom. The number of halogens is 1. The molecule has 0 fully saturated rings. The molecule has 0 saturated carbocycles. The third-order valence-electron chi connectivity index (χ3n) is 3.47. The minimum Gasteiger partial charge on any atom is -0.349 e. The summed E-state index contributed by atoms with van der Waals surface area (Å²) in [6.45, 7) is 2.05. The van der Waals surface area contributed by atoms with Crippen LogP contribution in [-0.2, 0) is 0 Å². The van der Waals surface area contributed by atoms with Crippen molar-refractivity contribution in [1.82, 2.24) is 9.88 Å². The number of aryl methyl sites for hydroxylation is 1. The van der Waals surface area contributed by atoms with Crippen molar-refractivity contribution in [3.63, 3.8) is 0 Å². The average molecular weight is 301 g/mol. The van der Waals surface area contributed by atoms with Crippen LogP contribution in [-0.4, -0.2) is 22.4 Å². The van der Waals surface area contributed by atoms with Gasteiger partial charge < -0.3 is 10.6 Å². The van der Waals surface area contributed by atoms with Crippen molar-refractivity contribution in [2.24, 2.45) is 5.73 Å². The summed E-state index contributed by atoms with van der Waals surface area (Å²) < 4.78 is 13.4. The van der Waals surface area contributed by atoms with Crippen molar-refractivity contribution in [2.45, 2.75) is 12.4 Å². The summed E-state index contributed by atoms with van der Waals surface area (Å²) in [5.41, 5.74) is 10.1. The number of pyridine rings is 1. The van der Waals surface area contributed by atoms with Crippen molar-refractivity contribution in [3.8, 4) is 0 Å². The lowest BCUT2D eigenvalue weighted by molar-refractivity contribution is 0.469. The molecular weight excluding hydrogens is 285 g/mol. The fourth-order valence-electron chi connectivity index (χ4n) is 2.42. The number of nitrogens with zero attached hydrogens (tertiary/aromatic N) is 2. The normalized spacial score (nSPS) is 18.5. The summed E-state index contributed by atoms with van der Waals surface area (Å²) in [6, 6.07) is 11.5. The molecule has 0 radical (unpaired) electrons. The van der Waals surface area contributed by atoms with Gasteiger partial charge in [0.1, 0.15) is 5.50 Å². The Kier molecular flexibility index (Phi) is 3.69. The van der Waals surface area contributed by atoms with Gasteiger partial charge in [0.2, 0.25) is 5.95 Å². The fraction of sp³-hybridized carbons (Fsp3) is 0.188. The zero-order valence-corrected chi connectivity index (χ0v) is 12.7. The molecule has 0 bridgehead atoms. The molecule has 2 heterocycles. The van der Waals surface area contributed by atoms with Gasteiger partial charge in [-0.1, -0.05) is 35.5 Å². The van der Waals surface area contributed by atoms with Gasteiger partial charge in [-0.3, -0.25) is 0 Å². The van der Waals surface area contributed by atoms with Crippen LogP contribution in [0.25, 0.3) is 10.6 Å². The number of hydrogen-bond donors (Lipinski definition) is 1. The molecule has 108 valence electrons. The van der Waals surface area contributed by atoms with Crippen molar-refractivity contribution >= 4 is 22.4 Å². The van der Waals surface area contributed by atoms with E-state index in [1.54, 1.807) is 0 Å². The molecule has 0 saturated heterocycles. The predicted molar refractivity (Wildman–Crippen MR) is 85.5 cm³/mol. The highest BCUT2D eigenvalue weighted by Gasteiger charge is 2.29. The van der Waals surface area contributed by atoms with Gasteiger partial charge in [0, 0.05) is 24.2 Å². The summed E-state index contributed by atoms with van der Waals surface area (Å²) >= 11 is 1.53. The SMILES string of the molecule is Cc1cccc(C2=C(c3ccnc(F)c3)SC(N)N2C)c1. The first-order valence-electron chi connectivity index (χ1n) is 6.64. The van der Waals surface area contributed by atoms with E-state index in [4.69, 9.17) is 5.73 Å². The molecule has 3 nitrogen and oxygen atoms in total. The minimum atomic E-state index is -0.479. The Morgan fingerprint density at radius 2 is 2.05 bits per heavy atom. The van der Waals surface area contributed by atoms with Gasteiger partial charge in [-0.2, -0.15) is 4.39 Å². The van der Waals surface area contributed by atoms with Gasteiger partial charge in [-0.25, -0.2) is 4.98 Å². The van der Waals surface area contributed by atoms with Gasteiger partial charge in [-0.05, 0) is 30.2 Å². The number of aromatic nitrogens is 1. The molecule has 1 aromatic carbocycles. The maximum Gasteiger partial charge on any atom is 0.213 e. The quantitative estimate of drug-likeness (QED) is 0.864. The summed E-state index contributed by atoms with van der Waals surface area (Å²) in [6.07, 6.45) is 1.48. The van der Waals surface area contributed by atoms with Gasteiger partial charge in [0.05, 0.1) is 5.70 Å². The number of thioether (sulfide) groups is 1. The van der Waals surface area contributed by atoms with E-state index >= 15 is 0 Å². The summed E-state index contributed by atoms with van der Waals surface area (Å²) in [5.74, 6) is -0.479. The van der Waals surface area contributed by atoms with E-state index in [-0.39, 0.29) is 5.50 Å². The summed E-state index contributed by atoms with van der Waals surface area (Å²) in [5, 5.41) is 0. The van der Waals surface area contributed by atoms with E-state index in [0.29, 0.717) is 0 Å². The highest BCUT2D eigenvalue weighted by atomic mass is 32.2. The van der Waals surface area contributed by atoms with Crippen molar-refractivity contribution in [2.75, 3.05) is 7.05 Å². The molecule has 0 amide bonds. The number of nitrogens with two attached hydrogens (primary N) is 1. The molecule has 1 unspecified atom stereocenters. The Labute approximate surface area is 127 Å². The van der Waals surface area contributed by atoms with E-state index in [1.165, 1.54) is 29.6 Å². The molecule has 5 heteroatoms. The second-order valence-electron chi connectivity index (χ2n) is 5.03. The van der Waals surface area contributed by atoms with E-state index in [0.717, 1.165) is 21.7 Å². The highest BCUT2D eigenvalue weighted by Crippen LogP contribution is 2.45. The van der Waals surface area contributed by atoms with E-state index in [9.17, 15) is 4.39 Å². The molecule has 1 aromatic heterocycles. The van der Waals surface area contributed by atoms with E-state index in [1.807, 2.05) is 24.1 Å². The van der Waals surface area contributed by atoms with E-state index < -0.39 is 5.95 Å². The summed E-state index contributed by atoms with van der Waals surface area (Å²) in [4.78, 5) is 6.62. The maximum atomic E-state index is 13.4. The molecule has 0 spiro atoms. The van der Waals surface area contributed by atoms with Crippen LogP contribution >= 0.6 is 11.8 Å². The second-order valence-corrected chi connectivity index (χ2v) is 6.16. The Balaban J connectivity index is 2.17. The molecule has 0 aliphatic carbocycles. The molecule has 1 aliphatic rings. The zero-order chi connectivity index (χ0) is 15.0. The first kappa shape index (κ1) is 14.1. The van der Waals surface area contributed by atoms with Gasteiger partial charge in [0.25, 0.3) is 0 Å². The van der Waals surface area contributed by atoms with Crippen LogP contribution < -0.4 is 5.73 Å². The predicted octanol–water partition coefficient (Wildman–Crippen LogP) is 3.28. The lowest BCUT2D eigenvalue weighted by Crippen LogP contribution is -2.30. The average Bonchev–Trinajstić information content (AvgIpc) is 2.75. The van der Waals surface area contributed by atoms with Crippen LogP contribution in [0.5, 0.6) is 0 Å². The maximum absolute atomic E-state index is 13.4. The van der Waals surface area contributed by atoms with Crippen LogP contribution in [0.2, 0.25) is 0 Å². The van der Waals surface area contributed by atoms with Crippen LogP contribution in [0.4, 0.5) is 4.39 Å². The Morgan fingerprint density at radius 3 is 2.76 bits per heavy atom. The smallest absolute Gasteiger partial charge is 0.213 e. The standard InChI is InChI=1S/C16H16FN3S/c1-10-4-3-5-11(8-10)14-15(21-16(18)20(14)2)12-6-7-19-13(17)9-12/h3-9,16H,18H2,1-2H3. The molecule has 21 heavy (non-hydrogen) atoms. The fourth-order valence-corrected chi connectivity index (χ4v) is 3.56. The molecule has 2 aromatic rings. The second kappa shape index (κ2) is 5.50. The first-order valence-corrected chi connectivity index (χ1v) is 7.52. The van der Waals surface area contributed by atoms with Gasteiger partial charge in [-0.15, -0.1) is 0 Å². The number of rotatable bonds is 2. The lowest BCUT2D eigenvalue weighted by Gasteiger charge is -2.21. The Bertz CT molecular complexity index is 714. The Hall–Kier alpha value is -1.85. The lowest BCUT2D eigenvalue weighted by atomic mass is 10.1. The van der Waals surface area contributed by atoms with Gasteiger partial charge >= 0.3 is 0 Å². The van der Waals surface area contributed by atoms with Crippen molar-refractivity contribution in [3.05, 3.63) is 65.2 Å². The van der Waals surface area contributed by atoms with Gasteiger partial charge in [0.15, 0.2) is 0 Å². The van der Waals surface area contributed by atoms with Crippen LogP contribution in [0.15, 0.2) is 42.6 Å². The third kappa shape index (κ3) is 2.66. The van der Waals surface area contributed by atoms with Crippen molar-refractivity contribution < 1.29 is 4.39 Å². The monoisotopic (exact) mass is 301 g/mol. The minimum absolute atomic E-state index is 0.174. The zero-order valence-electron chi connectivity index (χ0n) is 11.9. The third-order valence-corrected chi connectivity index (χ3v) is 4.69. The largest absolute Gasteiger partial charge is 0.349 e. The highest BCUT2D eigenvalue weighted by molar-refractivity contribution is 8.09. The molecule has 1 aliphatic heterocycles. The van der Waals surface area contributed by atoms with Crippen LogP contribution in [0, 0.1) is 12.9 Å². The molecule has 2 N–H and O–H groups in total. The van der Waals surface area contributed by atoms with E-state index in [2.05, 4.69) is 30.1 Å². The van der Waals surface area contributed by atoms with Crippen LogP contribution in [0.3, 0.4) is 0 Å². The summed E-state index contributed by atoms with van der Waals surface area (Å²) in [7, 11) is 1.96. The van der Waals surface area contributed by atoms with Crippen LogP contribution in [0.1, 0.15) is 16.7 Å². The number of benzene rings is 1.